The first-order chi connectivity index (χ1) is 7.83. The molecule has 17 heavy (non-hydrogen) atoms. The van der Waals surface area contributed by atoms with E-state index in [1.165, 1.54) is 6.26 Å². The van der Waals surface area contributed by atoms with Crippen LogP contribution in [0, 0.1) is 13.8 Å². The van der Waals surface area contributed by atoms with Gasteiger partial charge in [-0.05, 0) is 20.3 Å². The largest absolute Gasteiger partial charge is 0.370 e. The Morgan fingerprint density at radius 3 is 2.41 bits per heavy atom. The van der Waals surface area contributed by atoms with Crippen molar-refractivity contribution in [3.05, 3.63) is 17.1 Å². The van der Waals surface area contributed by atoms with Crippen molar-refractivity contribution in [1.29, 1.82) is 0 Å². The summed E-state index contributed by atoms with van der Waals surface area (Å²) in [6.45, 7) is 6.67. The van der Waals surface area contributed by atoms with Gasteiger partial charge in [-0.25, -0.2) is 18.4 Å². The van der Waals surface area contributed by atoms with Crippen LogP contribution in [0.15, 0.2) is 0 Å². The zero-order valence-corrected chi connectivity index (χ0v) is 11.6. The molecule has 1 heterocycles. The van der Waals surface area contributed by atoms with E-state index in [1.807, 2.05) is 13.8 Å². The van der Waals surface area contributed by atoms with Crippen LogP contribution >= 0.6 is 0 Å². The standard InChI is InChI=1S/C11H19N3O2S/c1-5-6-12-11-8(2)9(3)13-10(14-11)7-17(4,15)16/h5-7H2,1-4H3,(H,12,13,14). The average molecular weight is 257 g/mol. The molecule has 0 aliphatic carbocycles. The van der Waals surface area contributed by atoms with Crippen LogP contribution in [0.5, 0.6) is 0 Å². The van der Waals surface area contributed by atoms with Crippen molar-refractivity contribution >= 4 is 15.7 Å². The van der Waals surface area contributed by atoms with Gasteiger partial charge in [0.05, 0.1) is 0 Å². The molecule has 0 bridgehead atoms. The monoisotopic (exact) mass is 257 g/mol. The third kappa shape index (κ3) is 4.30. The summed E-state index contributed by atoms with van der Waals surface area (Å²) in [5.41, 5.74) is 1.79. The quantitative estimate of drug-likeness (QED) is 0.864. The highest BCUT2D eigenvalue weighted by molar-refractivity contribution is 7.89. The van der Waals surface area contributed by atoms with Gasteiger partial charge in [0.2, 0.25) is 0 Å². The molecule has 1 rings (SSSR count). The normalized spacial score (nSPS) is 11.5. The van der Waals surface area contributed by atoms with Gasteiger partial charge in [0.15, 0.2) is 9.84 Å². The Morgan fingerprint density at radius 2 is 1.88 bits per heavy atom. The van der Waals surface area contributed by atoms with Crippen LogP contribution in [0.1, 0.15) is 30.4 Å². The maximum atomic E-state index is 11.2. The number of anilines is 1. The molecule has 0 aliphatic heterocycles. The first kappa shape index (κ1) is 13.9. The zero-order valence-electron chi connectivity index (χ0n) is 10.7. The smallest absolute Gasteiger partial charge is 0.154 e. The Kier molecular flexibility index (Phi) is 4.45. The minimum atomic E-state index is -3.10. The molecule has 0 amide bonds. The summed E-state index contributed by atoms with van der Waals surface area (Å²) in [4.78, 5) is 8.45. The van der Waals surface area contributed by atoms with Gasteiger partial charge >= 0.3 is 0 Å². The molecule has 5 nitrogen and oxygen atoms in total. The lowest BCUT2D eigenvalue weighted by Crippen LogP contribution is -2.11. The number of nitrogens with zero attached hydrogens (tertiary/aromatic N) is 2. The van der Waals surface area contributed by atoms with Crippen LogP contribution in [-0.4, -0.2) is 31.2 Å². The highest BCUT2D eigenvalue weighted by Crippen LogP contribution is 2.15. The van der Waals surface area contributed by atoms with Crippen LogP contribution in [0.25, 0.3) is 0 Å². The van der Waals surface area contributed by atoms with E-state index in [0.29, 0.717) is 5.82 Å². The van der Waals surface area contributed by atoms with Crippen molar-refractivity contribution in [3.63, 3.8) is 0 Å². The molecule has 0 unspecified atom stereocenters. The summed E-state index contributed by atoms with van der Waals surface area (Å²) >= 11 is 0. The molecule has 6 heteroatoms. The second kappa shape index (κ2) is 5.44. The van der Waals surface area contributed by atoms with E-state index in [-0.39, 0.29) is 5.75 Å². The fourth-order valence-corrected chi connectivity index (χ4v) is 2.00. The minimum absolute atomic E-state index is 0.116. The number of nitrogens with one attached hydrogen (secondary N) is 1. The molecule has 0 saturated heterocycles. The lowest BCUT2D eigenvalue weighted by Gasteiger charge is -2.11. The zero-order chi connectivity index (χ0) is 13.1. The lowest BCUT2D eigenvalue weighted by atomic mass is 10.2. The van der Waals surface area contributed by atoms with Crippen LogP contribution in [0.3, 0.4) is 0 Å². The Balaban J connectivity index is 3.05. The van der Waals surface area contributed by atoms with Gasteiger partial charge < -0.3 is 5.32 Å². The van der Waals surface area contributed by atoms with Gasteiger partial charge in [-0.1, -0.05) is 6.92 Å². The van der Waals surface area contributed by atoms with Crippen molar-refractivity contribution in [2.24, 2.45) is 0 Å². The van der Waals surface area contributed by atoms with Gasteiger partial charge in [-0.3, -0.25) is 0 Å². The fourth-order valence-electron chi connectivity index (χ4n) is 1.40. The van der Waals surface area contributed by atoms with Crippen LogP contribution in [0.4, 0.5) is 5.82 Å². The predicted octanol–water partition coefficient (Wildman–Crippen LogP) is 1.46. The van der Waals surface area contributed by atoms with Crippen molar-refractivity contribution in [3.8, 4) is 0 Å². The Hall–Kier alpha value is -1.17. The molecule has 0 saturated carbocycles. The Morgan fingerprint density at radius 1 is 1.24 bits per heavy atom. The number of hydrogen-bond acceptors (Lipinski definition) is 5. The van der Waals surface area contributed by atoms with E-state index in [4.69, 9.17) is 0 Å². The molecule has 0 fully saturated rings. The summed E-state index contributed by atoms with van der Waals surface area (Å²) in [7, 11) is -3.10. The molecular formula is C11H19N3O2S. The van der Waals surface area contributed by atoms with E-state index < -0.39 is 9.84 Å². The van der Waals surface area contributed by atoms with E-state index in [9.17, 15) is 8.42 Å². The molecule has 0 aromatic carbocycles. The summed E-state index contributed by atoms with van der Waals surface area (Å²) in [5.74, 6) is 0.974. The Bertz CT molecular complexity index is 498. The van der Waals surface area contributed by atoms with Gasteiger partial charge in [-0.15, -0.1) is 0 Å². The van der Waals surface area contributed by atoms with Crippen LogP contribution in [0.2, 0.25) is 0 Å². The number of hydrogen-bond donors (Lipinski definition) is 1. The molecule has 0 spiro atoms. The molecule has 0 aliphatic rings. The first-order valence-corrected chi connectivity index (χ1v) is 7.65. The number of aryl methyl sites for hydroxylation is 1. The van der Waals surface area contributed by atoms with Crippen LogP contribution < -0.4 is 5.32 Å². The summed E-state index contributed by atoms with van der Waals surface area (Å²) in [6, 6.07) is 0. The predicted molar refractivity (Wildman–Crippen MR) is 68.8 cm³/mol. The van der Waals surface area contributed by atoms with Gasteiger partial charge in [0, 0.05) is 24.1 Å². The third-order valence-corrected chi connectivity index (χ3v) is 3.15. The topological polar surface area (TPSA) is 72.0 Å². The molecular weight excluding hydrogens is 238 g/mol. The number of rotatable bonds is 5. The molecule has 1 aromatic rings. The van der Waals surface area contributed by atoms with Crippen LogP contribution in [-0.2, 0) is 15.6 Å². The summed E-state index contributed by atoms with van der Waals surface area (Å²) in [6.07, 6.45) is 2.18. The van der Waals surface area contributed by atoms with Gasteiger partial charge in [0.25, 0.3) is 0 Å². The lowest BCUT2D eigenvalue weighted by molar-refractivity contribution is 0.599. The third-order valence-electron chi connectivity index (χ3n) is 2.37. The fraction of sp³-hybridized carbons (Fsp3) is 0.636. The van der Waals surface area contributed by atoms with Gasteiger partial charge in [-0.2, -0.15) is 0 Å². The highest BCUT2D eigenvalue weighted by Gasteiger charge is 2.12. The maximum absolute atomic E-state index is 11.2. The Labute approximate surface area is 103 Å². The highest BCUT2D eigenvalue weighted by atomic mass is 32.2. The molecule has 0 radical (unpaired) electrons. The second-order valence-corrected chi connectivity index (χ2v) is 6.34. The SMILES string of the molecule is CCCNc1nc(CS(C)(=O)=O)nc(C)c1C. The van der Waals surface area contributed by atoms with Gasteiger partial charge in [0.1, 0.15) is 17.4 Å². The number of aromatic nitrogens is 2. The average Bonchev–Trinajstić information content (AvgIpc) is 2.18. The molecule has 0 atom stereocenters. The van der Waals surface area contributed by atoms with E-state index >= 15 is 0 Å². The van der Waals surface area contributed by atoms with Crippen molar-refractivity contribution in [2.75, 3.05) is 18.1 Å². The summed E-state index contributed by atoms with van der Waals surface area (Å²) < 4.78 is 22.4. The first-order valence-electron chi connectivity index (χ1n) is 5.59. The second-order valence-electron chi connectivity index (χ2n) is 4.20. The summed E-state index contributed by atoms with van der Waals surface area (Å²) in [5, 5.41) is 3.18. The number of sulfone groups is 1. The van der Waals surface area contributed by atoms with E-state index in [0.717, 1.165) is 30.0 Å². The van der Waals surface area contributed by atoms with Crippen molar-refractivity contribution < 1.29 is 8.42 Å². The molecule has 1 aromatic heterocycles. The van der Waals surface area contributed by atoms with Crippen molar-refractivity contribution in [1.82, 2.24) is 9.97 Å². The molecule has 96 valence electrons. The minimum Gasteiger partial charge on any atom is -0.370 e. The van der Waals surface area contributed by atoms with Crippen molar-refractivity contribution in [2.45, 2.75) is 32.9 Å². The van der Waals surface area contributed by atoms with E-state index in [1.54, 1.807) is 0 Å². The maximum Gasteiger partial charge on any atom is 0.154 e. The molecule has 1 N–H and O–H groups in total. The van der Waals surface area contributed by atoms with E-state index in [2.05, 4.69) is 22.2 Å².